The molecule has 140 valence electrons. The molecule has 8 nitrogen and oxygen atoms in total. The first kappa shape index (κ1) is 19.7. The van der Waals surface area contributed by atoms with Crippen LogP contribution in [0.2, 0.25) is 5.02 Å². The van der Waals surface area contributed by atoms with Crippen LogP contribution < -0.4 is 10.6 Å². The van der Waals surface area contributed by atoms with E-state index >= 15 is 0 Å². The number of anilines is 1. The van der Waals surface area contributed by atoms with Crippen LogP contribution in [0.15, 0.2) is 24.3 Å². The van der Waals surface area contributed by atoms with Crippen LogP contribution in [0.4, 0.5) is 10.5 Å². The first-order valence-electron chi connectivity index (χ1n) is 8.16. The van der Waals surface area contributed by atoms with E-state index in [1.54, 1.807) is 38.1 Å². The molecule has 0 aromatic heterocycles. The fourth-order valence-electron chi connectivity index (χ4n) is 2.63. The smallest absolute Gasteiger partial charge is 0.326 e. The van der Waals surface area contributed by atoms with Crippen LogP contribution >= 0.6 is 11.6 Å². The maximum atomic E-state index is 12.4. The van der Waals surface area contributed by atoms with Crippen LogP contribution in [0.3, 0.4) is 0 Å². The minimum Gasteiger partial charge on any atom is -0.454 e. The summed E-state index contributed by atoms with van der Waals surface area (Å²) in [6.45, 7) is 2.48. The third kappa shape index (κ3) is 4.32. The summed E-state index contributed by atoms with van der Waals surface area (Å²) in [7, 11) is 0. The Labute approximate surface area is 155 Å². The molecular weight excluding hydrogens is 362 g/mol. The molecule has 26 heavy (non-hydrogen) atoms. The molecule has 1 heterocycles. The summed E-state index contributed by atoms with van der Waals surface area (Å²) < 4.78 is 4.84. The number of urea groups is 1. The summed E-state index contributed by atoms with van der Waals surface area (Å²) in [5, 5.41) is 5.59. The van der Waals surface area contributed by atoms with E-state index in [2.05, 4.69) is 10.6 Å². The van der Waals surface area contributed by atoms with Crippen LogP contribution in [-0.2, 0) is 19.1 Å². The molecule has 0 aliphatic carbocycles. The molecule has 0 saturated carbocycles. The van der Waals surface area contributed by atoms with Gasteiger partial charge in [0.25, 0.3) is 11.8 Å². The summed E-state index contributed by atoms with van der Waals surface area (Å²) in [4.78, 5) is 48.8. The van der Waals surface area contributed by atoms with Gasteiger partial charge in [0.15, 0.2) is 6.61 Å². The van der Waals surface area contributed by atoms with E-state index in [9.17, 15) is 19.2 Å². The molecule has 1 aromatic carbocycles. The Morgan fingerprint density at radius 1 is 1.27 bits per heavy atom. The molecule has 0 bridgehead atoms. The van der Waals surface area contributed by atoms with Crippen molar-refractivity contribution in [3.63, 3.8) is 0 Å². The highest BCUT2D eigenvalue weighted by atomic mass is 35.5. The molecule has 0 atom stereocenters. The summed E-state index contributed by atoms with van der Waals surface area (Å²) in [6.07, 6.45) is 0.837. The summed E-state index contributed by atoms with van der Waals surface area (Å²) in [5.74, 6) is -1.88. The topological polar surface area (TPSA) is 105 Å². The zero-order chi connectivity index (χ0) is 19.3. The fourth-order valence-corrected chi connectivity index (χ4v) is 2.82. The van der Waals surface area contributed by atoms with Gasteiger partial charge in [-0.2, -0.15) is 0 Å². The predicted octanol–water partition coefficient (Wildman–Crippen LogP) is 1.93. The van der Waals surface area contributed by atoms with Gasteiger partial charge in [-0.3, -0.25) is 19.3 Å². The standard InChI is InChI=1S/C17H20ClN3O5/c1-3-17(4-2)15(24)21(16(25)20-17)9-14(23)26-10-13(22)19-12-7-5-6-11(18)8-12/h5-8H,3-4,9-10H2,1-2H3,(H,19,22)(H,20,25). The van der Waals surface area contributed by atoms with Crippen molar-refractivity contribution >= 4 is 41.1 Å². The van der Waals surface area contributed by atoms with Gasteiger partial charge in [-0.15, -0.1) is 0 Å². The number of rotatable bonds is 7. The van der Waals surface area contributed by atoms with Crippen molar-refractivity contribution < 1.29 is 23.9 Å². The number of carbonyl (C=O) groups is 4. The van der Waals surface area contributed by atoms with Gasteiger partial charge in [-0.05, 0) is 31.0 Å². The molecule has 1 aliphatic rings. The maximum Gasteiger partial charge on any atom is 0.326 e. The number of ether oxygens (including phenoxy) is 1. The molecule has 1 fully saturated rings. The minimum absolute atomic E-state index is 0.418. The number of esters is 1. The highest BCUT2D eigenvalue weighted by molar-refractivity contribution is 6.30. The second-order valence-electron chi connectivity index (χ2n) is 5.83. The Morgan fingerprint density at radius 2 is 1.96 bits per heavy atom. The quantitative estimate of drug-likeness (QED) is 0.554. The molecular formula is C17H20ClN3O5. The van der Waals surface area contributed by atoms with Gasteiger partial charge >= 0.3 is 12.0 Å². The van der Waals surface area contributed by atoms with E-state index in [1.807, 2.05) is 0 Å². The second kappa shape index (κ2) is 8.18. The van der Waals surface area contributed by atoms with Crippen molar-refractivity contribution in [2.24, 2.45) is 0 Å². The van der Waals surface area contributed by atoms with E-state index in [4.69, 9.17) is 16.3 Å². The number of carbonyl (C=O) groups excluding carboxylic acids is 4. The summed E-state index contributed by atoms with van der Waals surface area (Å²) >= 11 is 5.81. The van der Waals surface area contributed by atoms with Crippen molar-refractivity contribution in [2.75, 3.05) is 18.5 Å². The third-order valence-corrected chi connectivity index (χ3v) is 4.45. The normalized spacial score (nSPS) is 15.6. The van der Waals surface area contributed by atoms with Crippen molar-refractivity contribution in [1.82, 2.24) is 10.2 Å². The van der Waals surface area contributed by atoms with Crippen molar-refractivity contribution in [3.05, 3.63) is 29.3 Å². The lowest BCUT2D eigenvalue weighted by Gasteiger charge is -2.22. The lowest BCUT2D eigenvalue weighted by atomic mass is 9.93. The van der Waals surface area contributed by atoms with E-state index in [-0.39, 0.29) is 0 Å². The van der Waals surface area contributed by atoms with Crippen LogP contribution in [0, 0.1) is 0 Å². The van der Waals surface area contributed by atoms with E-state index in [1.165, 1.54) is 0 Å². The van der Waals surface area contributed by atoms with Crippen LogP contribution in [0.25, 0.3) is 0 Å². The van der Waals surface area contributed by atoms with Gasteiger partial charge in [0.2, 0.25) is 0 Å². The van der Waals surface area contributed by atoms with Gasteiger partial charge in [-0.25, -0.2) is 4.79 Å². The highest BCUT2D eigenvalue weighted by Crippen LogP contribution is 2.24. The first-order valence-corrected chi connectivity index (χ1v) is 8.54. The van der Waals surface area contributed by atoms with E-state index in [0.717, 1.165) is 4.90 Å². The Morgan fingerprint density at radius 3 is 2.54 bits per heavy atom. The van der Waals surface area contributed by atoms with Crippen molar-refractivity contribution in [3.8, 4) is 0 Å². The number of nitrogens with one attached hydrogen (secondary N) is 2. The SMILES string of the molecule is CCC1(CC)NC(=O)N(CC(=O)OCC(=O)Nc2cccc(Cl)c2)C1=O. The fraction of sp³-hybridized carbons (Fsp3) is 0.412. The van der Waals surface area contributed by atoms with E-state index < -0.39 is 42.5 Å². The number of halogens is 1. The third-order valence-electron chi connectivity index (χ3n) is 4.21. The Hall–Kier alpha value is -2.61. The molecule has 1 aromatic rings. The number of imide groups is 1. The van der Waals surface area contributed by atoms with Gasteiger partial charge in [-0.1, -0.05) is 31.5 Å². The summed E-state index contributed by atoms with van der Waals surface area (Å²) in [5.41, 5.74) is -0.523. The second-order valence-corrected chi connectivity index (χ2v) is 6.27. The average Bonchev–Trinajstić information content (AvgIpc) is 2.84. The molecule has 2 rings (SSSR count). The minimum atomic E-state index is -0.985. The monoisotopic (exact) mass is 381 g/mol. The zero-order valence-corrected chi connectivity index (χ0v) is 15.3. The zero-order valence-electron chi connectivity index (χ0n) is 14.5. The average molecular weight is 382 g/mol. The largest absolute Gasteiger partial charge is 0.454 e. The lowest BCUT2D eigenvalue weighted by molar-refractivity contribution is -0.150. The Kier molecular flexibility index (Phi) is 6.20. The van der Waals surface area contributed by atoms with Gasteiger partial charge in [0.05, 0.1) is 0 Å². The predicted molar refractivity (Wildman–Crippen MR) is 94.6 cm³/mol. The number of benzene rings is 1. The molecule has 4 amide bonds. The summed E-state index contributed by atoms with van der Waals surface area (Å²) in [6, 6.07) is 5.86. The van der Waals surface area contributed by atoms with Crippen LogP contribution in [-0.4, -0.2) is 47.4 Å². The number of hydrogen-bond donors (Lipinski definition) is 2. The van der Waals surface area contributed by atoms with Gasteiger partial charge in [0, 0.05) is 10.7 Å². The van der Waals surface area contributed by atoms with Crippen molar-refractivity contribution in [1.29, 1.82) is 0 Å². The molecule has 1 aliphatic heterocycles. The lowest BCUT2D eigenvalue weighted by Crippen LogP contribution is -2.46. The maximum absolute atomic E-state index is 12.4. The number of nitrogens with zero attached hydrogens (tertiary/aromatic N) is 1. The molecule has 9 heteroatoms. The molecule has 0 unspecified atom stereocenters. The Balaban J connectivity index is 1.86. The van der Waals surface area contributed by atoms with Crippen LogP contribution in [0.5, 0.6) is 0 Å². The van der Waals surface area contributed by atoms with Gasteiger partial charge < -0.3 is 15.4 Å². The number of hydrogen-bond acceptors (Lipinski definition) is 5. The van der Waals surface area contributed by atoms with E-state index in [0.29, 0.717) is 23.6 Å². The number of amides is 4. The Bertz CT molecular complexity index is 733. The first-order chi connectivity index (χ1) is 12.3. The van der Waals surface area contributed by atoms with Gasteiger partial charge in [0.1, 0.15) is 12.1 Å². The van der Waals surface area contributed by atoms with Crippen LogP contribution in [0.1, 0.15) is 26.7 Å². The van der Waals surface area contributed by atoms with Crippen molar-refractivity contribution in [2.45, 2.75) is 32.2 Å². The molecule has 0 spiro atoms. The molecule has 0 radical (unpaired) electrons. The highest BCUT2D eigenvalue weighted by Gasteiger charge is 2.49. The molecule has 2 N–H and O–H groups in total. The molecule has 1 saturated heterocycles.